The fraction of sp³-hybridized carbons (Fsp3) is 0.111. The number of hydrogen-bond donors (Lipinski definition) is 1. The second kappa shape index (κ2) is 9.01. The van der Waals surface area contributed by atoms with E-state index in [1.165, 1.54) is 5.56 Å². The van der Waals surface area contributed by atoms with Crippen molar-refractivity contribution in [2.75, 3.05) is 5.32 Å². The molecule has 0 aliphatic rings. The van der Waals surface area contributed by atoms with Crippen LogP contribution in [0.15, 0.2) is 75.6 Å². The molecule has 0 bridgehead atoms. The number of fused-ring (bicyclic) bond motifs is 1. The highest BCUT2D eigenvalue weighted by Gasteiger charge is 2.16. The fourth-order valence-corrected chi connectivity index (χ4v) is 3.96. The Bertz CT molecular complexity index is 1530. The maximum atomic E-state index is 12.9. The number of oxazole rings is 1. The number of anilines is 1. The zero-order chi connectivity index (χ0) is 23.8. The van der Waals surface area contributed by atoms with Gasteiger partial charge >= 0.3 is 0 Å². The number of aromatic nitrogens is 1. The lowest BCUT2D eigenvalue weighted by Gasteiger charge is -2.07. The minimum absolute atomic E-state index is 0.155. The summed E-state index contributed by atoms with van der Waals surface area (Å²) in [5.41, 5.74) is 5.55. The molecule has 0 aliphatic carbocycles. The molecule has 0 radical (unpaired) electrons. The Kier molecular flexibility index (Phi) is 5.90. The third-order valence-electron chi connectivity index (χ3n) is 5.61. The van der Waals surface area contributed by atoms with Crippen molar-refractivity contribution in [3.05, 3.63) is 93.7 Å². The van der Waals surface area contributed by atoms with E-state index < -0.39 is 5.91 Å². The molecule has 7 heteroatoms. The second-order valence-corrected chi connectivity index (χ2v) is 8.77. The number of rotatable bonds is 5. The molecule has 0 fully saturated rings. The van der Waals surface area contributed by atoms with Gasteiger partial charge in [0, 0.05) is 16.1 Å². The first-order valence-corrected chi connectivity index (χ1v) is 11.5. The second-order valence-electron chi connectivity index (χ2n) is 7.95. The van der Waals surface area contributed by atoms with Gasteiger partial charge in [-0.3, -0.25) is 4.79 Å². The standard InChI is InChI=1S/C27H20Cl2N2O3/c1-3-16-5-9-24-22(12-16)31-27(34-24)18-7-8-19(28)21(14-18)30-26(32)25-11-10-23(33-25)17-6-4-15(2)20(29)13-17/h4-14H,3H2,1-2H3,(H,30,32). The number of amides is 1. The Balaban J connectivity index is 1.40. The molecule has 3 aromatic carbocycles. The molecular formula is C27H20Cl2N2O3. The van der Waals surface area contributed by atoms with Crippen molar-refractivity contribution in [2.24, 2.45) is 0 Å². The molecule has 5 rings (SSSR count). The zero-order valence-corrected chi connectivity index (χ0v) is 20.0. The first kappa shape index (κ1) is 22.3. The van der Waals surface area contributed by atoms with Gasteiger partial charge in [-0.1, -0.05) is 48.3 Å². The molecule has 0 aliphatic heterocycles. The Morgan fingerprint density at radius 2 is 1.74 bits per heavy atom. The molecule has 1 amide bonds. The SMILES string of the molecule is CCc1ccc2oc(-c3ccc(Cl)c(NC(=O)c4ccc(-c5ccc(C)c(Cl)c5)o4)c3)nc2c1. The van der Waals surface area contributed by atoms with E-state index in [4.69, 9.17) is 32.0 Å². The number of furan rings is 1. The quantitative estimate of drug-likeness (QED) is 0.269. The number of carbonyl (C=O) groups is 1. The van der Waals surface area contributed by atoms with Crippen LogP contribution in [-0.4, -0.2) is 10.9 Å². The minimum atomic E-state index is -0.423. The number of aryl methyl sites for hydroxylation is 2. The van der Waals surface area contributed by atoms with E-state index in [2.05, 4.69) is 17.2 Å². The van der Waals surface area contributed by atoms with Crippen LogP contribution in [0.1, 0.15) is 28.6 Å². The van der Waals surface area contributed by atoms with Crippen LogP contribution >= 0.6 is 23.2 Å². The summed E-state index contributed by atoms with van der Waals surface area (Å²) in [7, 11) is 0. The van der Waals surface area contributed by atoms with Gasteiger partial charge in [0.1, 0.15) is 11.3 Å². The number of nitrogens with zero attached hydrogens (tertiary/aromatic N) is 1. The molecule has 0 spiro atoms. The van der Waals surface area contributed by atoms with E-state index in [0.717, 1.165) is 23.1 Å². The van der Waals surface area contributed by atoms with Gasteiger partial charge in [0.25, 0.3) is 5.91 Å². The van der Waals surface area contributed by atoms with Gasteiger partial charge in [-0.25, -0.2) is 4.98 Å². The molecule has 170 valence electrons. The predicted octanol–water partition coefficient (Wildman–Crippen LogP) is 8.18. The third kappa shape index (κ3) is 4.32. The molecule has 5 nitrogen and oxygen atoms in total. The van der Waals surface area contributed by atoms with Gasteiger partial charge in [-0.05, 0) is 73.0 Å². The predicted molar refractivity (Wildman–Crippen MR) is 136 cm³/mol. The van der Waals surface area contributed by atoms with Gasteiger partial charge < -0.3 is 14.2 Å². The maximum Gasteiger partial charge on any atom is 0.291 e. The van der Waals surface area contributed by atoms with Gasteiger partial charge in [0.2, 0.25) is 5.89 Å². The average Bonchev–Trinajstić information content (AvgIpc) is 3.49. The van der Waals surface area contributed by atoms with Crippen LogP contribution in [0.4, 0.5) is 5.69 Å². The molecule has 34 heavy (non-hydrogen) atoms. The van der Waals surface area contributed by atoms with Crippen molar-refractivity contribution in [1.29, 1.82) is 0 Å². The smallest absolute Gasteiger partial charge is 0.291 e. The number of nitrogens with one attached hydrogen (secondary N) is 1. The molecule has 5 aromatic rings. The monoisotopic (exact) mass is 490 g/mol. The van der Waals surface area contributed by atoms with Crippen molar-refractivity contribution >= 4 is 45.9 Å². The normalized spacial score (nSPS) is 11.2. The van der Waals surface area contributed by atoms with Gasteiger partial charge in [0.05, 0.1) is 10.7 Å². The number of halogens is 2. The first-order valence-electron chi connectivity index (χ1n) is 10.8. The lowest BCUT2D eigenvalue weighted by atomic mass is 10.1. The van der Waals surface area contributed by atoms with Crippen molar-refractivity contribution in [2.45, 2.75) is 20.3 Å². The molecule has 0 saturated carbocycles. The summed E-state index contributed by atoms with van der Waals surface area (Å²) in [5.74, 6) is 0.729. The summed E-state index contributed by atoms with van der Waals surface area (Å²) in [6, 6.07) is 20.1. The van der Waals surface area contributed by atoms with E-state index in [-0.39, 0.29) is 5.76 Å². The van der Waals surface area contributed by atoms with Crippen molar-refractivity contribution in [3.8, 4) is 22.8 Å². The summed E-state index contributed by atoms with van der Waals surface area (Å²) in [6.45, 7) is 4.02. The van der Waals surface area contributed by atoms with Gasteiger partial charge in [-0.2, -0.15) is 0 Å². The van der Waals surface area contributed by atoms with E-state index in [1.807, 2.05) is 43.3 Å². The molecule has 0 saturated heterocycles. The third-order valence-corrected chi connectivity index (χ3v) is 6.34. The van der Waals surface area contributed by atoms with Crippen molar-refractivity contribution in [3.63, 3.8) is 0 Å². The van der Waals surface area contributed by atoms with Crippen LogP contribution in [0, 0.1) is 6.92 Å². The molecule has 1 N–H and O–H groups in total. The Morgan fingerprint density at radius 3 is 2.53 bits per heavy atom. The van der Waals surface area contributed by atoms with Crippen LogP contribution < -0.4 is 5.32 Å². The van der Waals surface area contributed by atoms with E-state index in [0.29, 0.717) is 38.5 Å². The molecule has 2 heterocycles. The summed E-state index contributed by atoms with van der Waals surface area (Å²) < 4.78 is 11.7. The highest BCUT2D eigenvalue weighted by Crippen LogP contribution is 2.32. The van der Waals surface area contributed by atoms with E-state index >= 15 is 0 Å². The van der Waals surface area contributed by atoms with Crippen LogP contribution in [0.2, 0.25) is 10.0 Å². The van der Waals surface area contributed by atoms with Crippen LogP contribution in [0.3, 0.4) is 0 Å². The van der Waals surface area contributed by atoms with Crippen molar-refractivity contribution < 1.29 is 13.6 Å². The first-order chi connectivity index (χ1) is 16.4. The van der Waals surface area contributed by atoms with Crippen LogP contribution in [0.25, 0.3) is 33.9 Å². The topological polar surface area (TPSA) is 68.3 Å². The zero-order valence-electron chi connectivity index (χ0n) is 18.5. The highest BCUT2D eigenvalue weighted by molar-refractivity contribution is 6.34. The summed E-state index contributed by atoms with van der Waals surface area (Å²) >= 11 is 12.6. The summed E-state index contributed by atoms with van der Waals surface area (Å²) in [4.78, 5) is 17.5. The van der Waals surface area contributed by atoms with Crippen LogP contribution in [-0.2, 0) is 6.42 Å². The molecular weight excluding hydrogens is 471 g/mol. The van der Waals surface area contributed by atoms with Crippen molar-refractivity contribution in [1.82, 2.24) is 4.98 Å². The van der Waals surface area contributed by atoms with E-state index in [1.54, 1.807) is 30.3 Å². The number of carbonyl (C=O) groups excluding carboxylic acids is 1. The largest absolute Gasteiger partial charge is 0.451 e. The number of hydrogen-bond acceptors (Lipinski definition) is 4. The molecule has 0 unspecified atom stereocenters. The summed E-state index contributed by atoms with van der Waals surface area (Å²) in [6.07, 6.45) is 0.917. The Morgan fingerprint density at radius 1 is 0.912 bits per heavy atom. The van der Waals surface area contributed by atoms with Gasteiger partial charge in [-0.15, -0.1) is 0 Å². The fourth-order valence-electron chi connectivity index (χ4n) is 3.62. The van der Waals surface area contributed by atoms with Gasteiger partial charge in [0.15, 0.2) is 11.3 Å². The van der Waals surface area contributed by atoms with Crippen LogP contribution in [0.5, 0.6) is 0 Å². The lowest BCUT2D eigenvalue weighted by molar-refractivity contribution is 0.0997. The Hall–Kier alpha value is -3.54. The Labute approximate surface area is 206 Å². The summed E-state index contributed by atoms with van der Waals surface area (Å²) in [5, 5.41) is 3.83. The van der Waals surface area contributed by atoms with E-state index in [9.17, 15) is 4.79 Å². The molecule has 0 atom stereocenters. The minimum Gasteiger partial charge on any atom is -0.451 e. The molecule has 2 aromatic heterocycles. The average molecular weight is 491 g/mol. The lowest BCUT2D eigenvalue weighted by Crippen LogP contribution is -2.11. The number of benzene rings is 3. The highest BCUT2D eigenvalue weighted by atomic mass is 35.5. The maximum absolute atomic E-state index is 12.9.